The van der Waals surface area contributed by atoms with E-state index in [2.05, 4.69) is 15.5 Å². The van der Waals surface area contributed by atoms with Crippen molar-refractivity contribution in [3.05, 3.63) is 24.4 Å². The van der Waals surface area contributed by atoms with Crippen LogP contribution in [0.15, 0.2) is 33.9 Å². The molecule has 2 rings (SSSR count). The Morgan fingerprint density at radius 1 is 1.62 bits per heavy atom. The Morgan fingerprint density at radius 3 is 3.25 bits per heavy atom. The van der Waals surface area contributed by atoms with Crippen LogP contribution >= 0.6 is 11.8 Å². The van der Waals surface area contributed by atoms with Crippen LogP contribution in [-0.2, 0) is 0 Å². The molecule has 0 aliphatic carbocycles. The second-order valence-electron chi connectivity index (χ2n) is 2.88. The SMILES string of the molecule is CSC(=Nc1cccc2cnoc12)NC#N. The molecule has 0 radical (unpaired) electrons. The molecule has 0 saturated carbocycles. The number of nitriles is 1. The topological polar surface area (TPSA) is 74.2 Å². The Labute approximate surface area is 96.1 Å². The van der Waals surface area contributed by atoms with Crippen LogP contribution in [-0.4, -0.2) is 16.6 Å². The molecule has 0 unspecified atom stereocenters. The molecule has 6 heteroatoms. The van der Waals surface area contributed by atoms with E-state index < -0.39 is 0 Å². The molecule has 0 aliphatic heterocycles. The number of nitrogens with zero attached hydrogens (tertiary/aromatic N) is 3. The summed E-state index contributed by atoms with van der Waals surface area (Å²) in [7, 11) is 0. The molecular weight excluding hydrogens is 224 g/mol. The van der Waals surface area contributed by atoms with Gasteiger partial charge < -0.3 is 4.52 Å². The number of amidine groups is 1. The van der Waals surface area contributed by atoms with Crippen molar-refractivity contribution in [1.29, 1.82) is 5.26 Å². The van der Waals surface area contributed by atoms with Gasteiger partial charge >= 0.3 is 0 Å². The fourth-order valence-corrected chi connectivity index (χ4v) is 1.59. The predicted molar refractivity (Wildman–Crippen MR) is 63.4 cm³/mol. The number of para-hydroxylation sites is 1. The monoisotopic (exact) mass is 232 g/mol. The molecule has 1 aromatic carbocycles. The summed E-state index contributed by atoms with van der Waals surface area (Å²) in [4.78, 5) is 4.28. The summed E-state index contributed by atoms with van der Waals surface area (Å²) < 4.78 is 5.10. The maximum absolute atomic E-state index is 8.53. The lowest BCUT2D eigenvalue weighted by molar-refractivity contribution is 0.457. The Hall–Kier alpha value is -2.00. The Morgan fingerprint density at radius 2 is 2.50 bits per heavy atom. The lowest BCUT2D eigenvalue weighted by atomic mass is 10.2. The van der Waals surface area contributed by atoms with Crippen molar-refractivity contribution in [2.24, 2.45) is 4.99 Å². The zero-order valence-electron chi connectivity index (χ0n) is 8.47. The highest BCUT2D eigenvalue weighted by Crippen LogP contribution is 2.26. The molecule has 2 aromatic rings. The maximum atomic E-state index is 8.53. The van der Waals surface area contributed by atoms with Gasteiger partial charge in [-0.2, -0.15) is 5.26 Å². The molecule has 0 fully saturated rings. The number of nitrogens with one attached hydrogen (secondary N) is 1. The van der Waals surface area contributed by atoms with Gasteiger partial charge in [0.05, 0.1) is 6.20 Å². The lowest BCUT2D eigenvalue weighted by Crippen LogP contribution is -2.12. The molecule has 0 atom stereocenters. The fourth-order valence-electron chi connectivity index (χ4n) is 1.25. The average molecular weight is 232 g/mol. The number of aromatic nitrogens is 1. The number of hydrogen-bond acceptors (Lipinski definition) is 5. The van der Waals surface area contributed by atoms with Crippen molar-refractivity contribution in [3.8, 4) is 6.19 Å². The van der Waals surface area contributed by atoms with E-state index in [4.69, 9.17) is 9.78 Å². The van der Waals surface area contributed by atoms with E-state index in [-0.39, 0.29) is 0 Å². The third-order valence-corrected chi connectivity index (χ3v) is 2.52. The zero-order valence-corrected chi connectivity index (χ0v) is 9.28. The normalized spacial score (nSPS) is 11.4. The van der Waals surface area contributed by atoms with Crippen LogP contribution in [0.4, 0.5) is 5.69 Å². The molecule has 1 heterocycles. The highest BCUT2D eigenvalue weighted by Gasteiger charge is 2.05. The van der Waals surface area contributed by atoms with E-state index in [0.29, 0.717) is 16.4 Å². The number of hydrogen-bond donors (Lipinski definition) is 1. The van der Waals surface area contributed by atoms with Crippen LogP contribution in [0.5, 0.6) is 0 Å². The third-order valence-electron chi connectivity index (χ3n) is 1.94. The second kappa shape index (κ2) is 4.68. The minimum atomic E-state index is 0.520. The highest BCUT2D eigenvalue weighted by atomic mass is 32.2. The molecule has 0 bridgehead atoms. The Bertz CT molecular complexity index is 569. The second-order valence-corrected chi connectivity index (χ2v) is 3.67. The fraction of sp³-hybridized carbons (Fsp3) is 0.100. The molecule has 0 amide bonds. The molecular formula is C10H8N4OS. The summed E-state index contributed by atoms with van der Waals surface area (Å²) in [5.41, 5.74) is 1.27. The van der Waals surface area contributed by atoms with Gasteiger partial charge in [0, 0.05) is 5.39 Å². The van der Waals surface area contributed by atoms with Crippen LogP contribution in [0, 0.1) is 11.5 Å². The zero-order chi connectivity index (χ0) is 11.4. The van der Waals surface area contributed by atoms with E-state index in [1.807, 2.05) is 30.6 Å². The molecule has 1 aromatic heterocycles. The van der Waals surface area contributed by atoms with Gasteiger partial charge in [-0.25, -0.2) is 4.99 Å². The van der Waals surface area contributed by atoms with Crippen LogP contribution in [0.25, 0.3) is 11.0 Å². The summed E-state index contributed by atoms with van der Waals surface area (Å²) in [6.45, 7) is 0. The van der Waals surface area contributed by atoms with E-state index >= 15 is 0 Å². The van der Waals surface area contributed by atoms with Crippen LogP contribution in [0.3, 0.4) is 0 Å². The van der Waals surface area contributed by atoms with Gasteiger partial charge in [0.1, 0.15) is 5.69 Å². The molecule has 0 aliphatic rings. The minimum Gasteiger partial charge on any atom is -0.354 e. The molecule has 80 valence electrons. The number of thioether (sulfide) groups is 1. The molecule has 0 saturated heterocycles. The first-order valence-electron chi connectivity index (χ1n) is 4.46. The molecule has 0 spiro atoms. The van der Waals surface area contributed by atoms with Gasteiger partial charge in [0.15, 0.2) is 16.9 Å². The number of aliphatic imine (C=N–C) groups is 1. The van der Waals surface area contributed by atoms with Crippen molar-refractivity contribution in [3.63, 3.8) is 0 Å². The van der Waals surface area contributed by atoms with Gasteiger partial charge in [-0.05, 0) is 18.4 Å². The third kappa shape index (κ3) is 1.99. The van der Waals surface area contributed by atoms with E-state index in [9.17, 15) is 0 Å². The summed E-state index contributed by atoms with van der Waals surface area (Å²) in [5, 5.41) is 16.1. The quantitative estimate of drug-likeness (QED) is 0.353. The summed E-state index contributed by atoms with van der Waals surface area (Å²) in [5.74, 6) is 0. The first kappa shape index (κ1) is 10.5. The first-order chi connectivity index (χ1) is 7.85. The standard InChI is InChI=1S/C10H8N4OS/c1-16-10(12-6-11)14-8-4-2-3-7-5-13-15-9(7)8/h2-5H,1H3,(H,12,14). The summed E-state index contributed by atoms with van der Waals surface area (Å²) >= 11 is 1.35. The van der Waals surface area contributed by atoms with Crippen molar-refractivity contribution >= 4 is 33.6 Å². The lowest BCUT2D eigenvalue weighted by Gasteiger charge is -1.99. The molecule has 1 N–H and O–H groups in total. The van der Waals surface area contributed by atoms with Crippen molar-refractivity contribution < 1.29 is 4.52 Å². The number of benzene rings is 1. The Balaban J connectivity index is 2.47. The molecule has 16 heavy (non-hydrogen) atoms. The van der Waals surface area contributed by atoms with Crippen molar-refractivity contribution in [1.82, 2.24) is 10.5 Å². The van der Waals surface area contributed by atoms with E-state index in [0.717, 1.165) is 5.39 Å². The van der Waals surface area contributed by atoms with Gasteiger partial charge in [-0.3, -0.25) is 5.32 Å². The Kier molecular flexibility index (Phi) is 3.08. The smallest absolute Gasteiger partial charge is 0.192 e. The predicted octanol–water partition coefficient (Wildman–Crippen LogP) is 2.25. The van der Waals surface area contributed by atoms with E-state index in [1.165, 1.54) is 11.8 Å². The largest absolute Gasteiger partial charge is 0.354 e. The summed E-state index contributed by atoms with van der Waals surface area (Å²) in [6, 6.07) is 5.56. The summed E-state index contributed by atoms with van der Waals surface area (Å²) in [6.07, 6.45) is 5.30. The maximum Gasteiger partial charge on any atom is 0.192 e. The van der Waals surface area contributed by atoms with E-state index in [1.54, 1.807) is 6.20 Å². The van der Waals surface area contributed by atoms with Gasteiger partial charge in [0.25, 0.3) is 0 Å². The van der Waals surface area contributed by atoms with Crippen LogP contribution in [0.1, 0.15) is 0 Å². The number of fused-ring (bicyclic) bond motifs is 1. The van der Waals surface area contributed by atoms with Crippen molar-refractivity contribution in [2.75, 3.05) is 6.26 Å². The molecule has 5 nitrogen and oxygen atoms in total. The first-order valence-corrected chi connectivity index (χ1v) is 5.69. The van der Waals surface area contributed by atoms with Crippen LogP contribution in [0.2, 0.25) is 0 Å². The minimum absolute atomic E-state index is 0.520. The highest BCUT2D eigenvalue weighted by molar-refractivity contribution is 8.13. The number of rotatable bonds is 1. The van der Waals surface area contributed by atoms with Crippen molar-refractivity contribution in [2.45, 2.75) is 0 Å². The van der Waals surface area contributed by atoms with Gasteiger partial charge in [-0.1, -0.05) is 23.0 Å². The van der Waals surface area contributed by atoms with Crippen LogP contribution < -0.4 is 5.32 Å². The average Bonchev–Trinajstić information content (AvgIpc) is 2.77. The van der Waals surface area contributed by atoms with Gasteiger partial charge in [0.2, 0.25) is 0 Å². The van der Waals surface area contributed by atoms with Gasteiger partial charge in [-0.15, -0.1) is 0 Å².